The Labute approximate surface area is 63.6 Å². The lowest BCUT2D eigenvalue weighted by atomic mass is 10.2. The molecule has 2 heteroatoms. The van der Waals surface area contributed by atoms with Crippen molar-refractivity contribution >= 4 is 0 Å². The maximum atomic E-state index is 3.37. The van der Waals surface area contributed by atoms with Crippen LogP contribution in [0.15, 0.2) is 0 Å². The minimum absolute atomic E-state index is 0.805. The Morgan fingerprint density at radius 2 is 2.30 bits per heavy atom. The van der Waals surface area contributed by atoms with Crippen molar-refractivity contribution in [1.29, 1.82) is 0 Å². The van der Waals surface area contributed by atoms with Crippen molar-refractivity contribution in [2.45, 2.75) is 20.3 Å². The van der Waals surface area contributed by atoms with Crippen LogP contribution in [0.25, 0.3) is 0 Å². The van der Waals surface area contributed by atoms with E-state index in [1.165, 1.54) is 26.1 Å². The van der Waals surface area contributed by atoms with E-state index in [2.05, 4.69) is 24.1 Å². The second kappa shape index (κ2) is 3.94. The summed E-state index contributed by atoms with van der Waals surface area (Å²) in [5, 5.41) is 3.37. The molecule has 1 rings (SSSR count). The SMILES string of the molecule is CC(C)CN1CCCNC1. The van der Waals surface area contributed by atoms with Gasteiger partial charge in [-0.15, -0.1) is 0 Å². The third-order valence-electron chi connectivity index (χ3n) is 1.79. The fourth-order valence-electron chi connectivity index (χ4n) is 1.42. The van der Waals surface area contributed by atoms with Crippen LogP contribution in [-0.2, 0) is 0 Å². The van der Waals surface area contributed by atoms with Crippen LogP contribution in [0, 0.1) is 5.92 Å². The highest BCUT2D eigenvalue weighted by Crippen LogP contribution is 2.00. The molecule has 0 aromatic carbocycles. The second-order valence-electron chi connectivity index (χ2n) is 3.48. The topological polar surface area (TPSA) is 15.3 Å². The van der Waals surface area contributed by atoms with Crippen molar-refractivity contribution in [3.63, 3.8) is 0 Å². The first-order valence-corrected chi connectivity index (χ1v) is 4.22. The molecule has 1 aliphatic rings. The Morgan fingerprint density at radius 3 is 2.80 bits per heavy atom. The molecule has 0 aromatic rings. The first-order chi connectivity index (χ1) is 4.79. The van der Waals surface area contributed by atoms with Gasteiger partial charge in [-0.25, -0.2) is 0 Å². The Morgan fingerprint density at radius 1 is 1.50 bits per heavy atom. The van der Waals surface area contributed by atoms with Gasteiger partial charge in [0.1, 0.15) is 0 Å². The highest BCUT2D eigenvalue weighted by molar-refractivity contribution is 4.64. The predicted molar refractivity (Wildman–Crippen MR) is 43.9 cm³/mol. The summed E-state index contributed by atoms with van der Waals surface area (Å²) in [4.78, 5) is 2.48. The Balaban J connectivity index is 2.13. The zero-order chi connectivity index (χ0) is 7.40. The van der Waals surface area contributed by atoms with Gasteiger partial charge in [0, 0.05) is 19.8 Å². The maximum Gasteiger partial charge on any atom is 0.0480 e. The summed E-state index contributed by atoms with van der Waals surface area (Å²) in [6, 6.07) is 0. The van der Waals surface area contributed by atoms with Crippen LogP contribution >= 0.6 is 0 Å². The summed E-state index contributed by atoms with van der Waals surface area (Å²) >= 11 is 0. The molecular formula is C8H18N2. The van der Waals surface area contributed by atoms with Gasteiger partial charge in [0.15, 0.2) is 0 Å². The summed E-state index contributed by atoms with van der Waals surface area (Å²) in [6.07, 6.45) is 1.31. The van der Waals surface area contributed by atoms with E-state index < -0.39 is 0 Å². The van der Waals surface area contributed by atoms with Gasteiger partial charge >= 0.3 is 0 Å². The first kappa shape index (κ1) is 8.02. The van der Waals surface area contributed by atoms with Crippen LogP contribution in [0.2, 0.25) is 0 Å². The summed E-state index contributed by atoms with van der Waals surface area (Å²) in [7, 11) is 0. The van der Waals surface area contributed by atoms with Gasteiger partial charge in [-0.05, 0) is 18.9 Å². The molecular weight excluding hydrogens is 124 g/mol. The van der Waals surface area contributed by atoms with E-state index in [-0.39, 0.29) is 0 Å². The lowest BCUT2D eigenvalue weighted by molar-refractivity contribution is 0.194. The quantitative estimate of drug-likeness (QED) is 0.616. The standard InChI is InChI=1S/C8H18N2/c1-8(2)6-10-5-3-4-9-7-10/h8-9H,3-7H2,1-2H3. The van der Waals surface area contributed by atoms with Crippen molar-refractivity contribution in [1.82, 2.24) is 10.2 Å². The molecule has 0 atom stereocenters. The minimum Gasteiger partial charge on any atom is -0.304 e. The van der Waals surface area contributed by atoms with Crippen LogP contribution in [0.5, 0.6) is 0 Å². The summed E-state index contributed by atoms with van der Waals surface area (Å²) in [6.45, 7) is 9.37. The van der Waals surface area contributed by atoms with Crippen LogP contribution in [-0.4, -0.2) is 31.2 Å². The van der Waals surface area contributed by atoms with E-state index in [1.807, 2.05) is 0 Å². The summed E-state index contributed by atoms with van der Waals surface area (Å²) in [5.41, 5.74) is 0. The molecule has 0 bridgehead atoms. The zero-order valence-electron chi connectivity index (χ0n) is 7.06. The molecule has 10 heavy (non-hydrogen) atoms. The van der Waals surface area contributed by atoms with Gasteiger partial charge < -0.3 is 5.32 Å². The highest BCUT2D eigenvalue weighted by Gasteiger charge is 2.09. The molecule has 0 aliphatic carbocycles. The number of nitrogens with one attached hydrogen (secondary N) is 1. The van der Waals surface area contributed by atoms with Crippen LogP contribution < -0.4 is 5.32 Å². The van der Waals surface area contributed by atoms with Crippen molar-refractivity contribution < 1.29 is 0 Å². The van der Waals surface area contributed by atoms with E-state index in [1.54, 1.807) is 0 Å². The molecule has 1 N–H and O–H groups in total. The van der Waals surface area contributed by atoms with Gasteiger partial charge in [0.2, 0.25) is 0 Å². The fraction of sp³-hybridized carbons (Fsp3) is 1.00. The molecule has 0 spiro atoms. The predicted octanol–water partition coefficient (Wildman–Crippen LogP) is 0.895. The molecule has 0 saturated carbocycles. The number of hydrogen-bond donors (Lipinski definition) is 1. The van der Waals surface area contributed by atoms with E-state index in [0.717, 1.165) is 12.6 Å². The molecule has 0 amide bonds. The first-order valence-electron chi connectivity index (χ1n) is 4.22. The monoisotopic (exact) mass is 142 g/mol. The van der Waals surface area contributed by atoms with E-state index in [0.29, 0.717) is 0 Å². The van der Waals surface area contributed by atoms with Crippen LogP contribution in [0.4, 0.5) is 0 Å². The molecule has 0 aromatic heterocycles. The van der Waals surface area contributed by atoms with Gasteiger partial charge in [0.25, 0.3) is 0 Å². The normalized spacial score (nSPS) is 21.9. The van der Waals surface area contributed by atoms with Crippen molar-refractivity contribution in [2.75, 3.05) is 26.3 Å². The molecule has 1 fully saturated rings. The second-order valence-corrected chi connectivity index (χ2v) is 3.48. The highest BCUT2D eigenvalue weighted by atomic mass is 15.2. The number of rotatable bonds is 2. The molecule has 0 radical (unpaired) electrons. The maximum absolute atomic E-state index is 3.37. The average Bonchev–Trinajstić information content (AvgIpc) is 1.88. The Kier molecular flexibility index (Phi) is 3.16. The molecule has 1 saturated heterocycles. The van der Waals surface area contributed by atoms with Crippen molar-refractivity contribution in [2.24, 2.45) is 5.92 Å². The average molecular weight is 142 g/mol. The van der Waals surface area contributed by atoms with E-state index in [4.69, 9.17) is 0 Å². The van der Waals surface area contributed by atoms with Crippen LogP contribution in [0.1, 0.15) is 20.3 Å². The zero-order valence-corrected chi connectivity index (χ0v) is 7.06. The van der Waals surface area contributed by atoms with E-state index in [9.17, 15) is 0 Å². The molecule has 2 nitrogen and oxygen atoms in total. The van der Waals surface area contributed by atoms with Gasteiger partial charge in [-0.3, -0.25) is 4.90 Å². The van der Waals surface area contributed by atoms with Crippen molar-refractivity contribution in [3.05, 3.63) is 0 Å². The Bertz CT molecular complexity index is 85.3. The lowest BCUT2D eigenvalue weighted by Gasteiger charge is -2.28. The fourth-order valence-corrected chi connectivity index (χ4v) is 1.42. The van der Waals surface area contributed by atoms with Gasteiger partial charge in [0.05, 0.1) is 0 Å². The Hall–Kier alpha value is -0.0800. The molecule has 60 valence electrons. The largest absolute Gasteiger partial charge is 0.304 e. The van der Waals surface area contributed by atoms with Gasteiger partial charge in [-0.1, -0.05) is 13.8 Å². The molecule has 0 unspecified atom stereocenters. The minimum atomic E-state index is 0.805. The molecule has 1 heterocycles. The third kappa shape index (κ3) is 2.67. The van der Waals surface area contributed by atoms with Crippen LogP contribution in [0.3, 0.4) is 0 Å². The van der Waals surface area contributed by atoms with Crippen molar-refractivity contribution in [3.8, 4) is 0 Å². The smallest absolute Gasteiger partial charge is 0.0480 e. The number of hydrogen-bond acceptors (Lipinski definition) is 2. The summed E-state index contributed by atoms with van der Waals surface area (Å²) < 4.78 is 0. The summed E-state index contributed by atoms with van der Waals surface area (Å²) in [5.74, 6) is 0.805. The lowest BCUT2D eigenvalue weighted by Crippen LogP contribution is -2.43. The van der Waals surface area contributed by atoms with Gasteiger partial charge in [-0.2, -0.15) is 0 Å². The third-order valence-corrected chi connectivity index (χ3v) is 1.79. The van der Waals surface area contributed by atoms with E-state index >= 15 is 0 Å². The number of nitrogens with zero attached hydrogens (tertiary/aromatic N) is 1. The molecule has 1 aliphatic heterocycles.